The van der Waals surface area contributed by atoms with Crippen LogP contribution in [0.25, 0.3) is 5.69 Å². The molecule has 0 amide bonds. The van der Waals surface area contributed by atoms with E-state index in [2.05, 4.69) is 22.5 Å². The number of para-hydroxylation sites is 1. The van der Waals surface area contributed by atoms with Gasteiger partial charge in [-0.1, -0.05) is 18.2 Å². The van der Waals surface area contributed by atoms with Crippen LogP contribution in [0.15, 0.2) is 42.7 Å². The van der Waals surface area contributed by atoms with Gasteiger partial charge in [0.15, 0.2) is 5.79 Å². The molecule has 5 heteroatoms. The molecule has 21 heavy (non-hydrogen) atoms. The maximum Gasteiger partial charge on any atom is 0.162 e. The summed E-state index contributed by atoms with van der Waals surface area (Å²) >= 11 is 0. The van der Waals surface area contributed by atoms with Crippen molar-refractivity contribution in [2.45, 2.75) is 32.2 Å². The Kier molecular flexibility index (Phi) is 4.05. The van der Waals surface area contributed by atoms with E-state index < -0.39 is 5.79 Å². The van der Waals surface area contributed by atoms with E-state index in [1.807, 2.05) is 42.9 Å². The van der Waals surface area contributed by atoms with E-state index in [9.17, 15) is 0 Å². The lowest BCUT2D eigenvalue weighted by atomic mass is 10.1. The van der Waals surface area contributed by atoms with Crippen molar-refractivity contribution in [3.8, 4) is 5.69 Å². The lowest BCUT2D eigenvalue weighted by molar-refractivity contribution is -0.253. The van der Waals surface area contributed by atoms with Crippen molar-refractivity contribution >= 4 is 0 Å². The monoisotopic (exact) mass is 287 g/mol. The molecule has 1 aliphatic heterocycles. The van der Waals surface area contributed by atoms with Gasteiger partial charge in [0.2, 0.25) is 0 Å². The number of nitrogens with zero attached hydrogens (tertiary/aromatic N) is 2. The normalized spacial score (nSPS) is 18.8. The molecule has 112 valence electrons. The molecule has 1 N–H and O–H groups in total. The molecular formula is C16H21N3O2. The van der Waals surface area contributed by atoms with E-state index in [0.717, 1.165) is 12.2 Å². The second kappa shape index (κ2) is 5.97. The van der Waals surface area contributed by atoms with E-state index in [0.29, 0.717) is 13.2 Å². The number of aromatic nitrogens is 2. The quantitative estimate of drug-likeness (QED) is 0.935. The van der Waals surface area contributed by atoms with Gasteiger partial charge in [-0.2, -0.15) is 5.10 Å². The highest BCUT2D eigenvalue weighted by atomic mass is 16.7. The minimum atomic E-state index is -0.467. The van der Waals surface area contributed by atoms with E-state index >= 15 is 0 Å². The first-order valence-corrected chi connectivity index (χ1v) is 7.23. The second-order valence-electron chi connectivity index (χ2n) is 5.68. The Morgan fingerprint density at radius 1 is 1.24 bits per heavy atom. The van der Waals surface area contributed by atoms with Crippen LogP contribution in [-0.2, 0) is 16.0 Å². The summed E-state index contributed by atoms with van der Waals surface area (Å²) in [4.78, 5) is 0. The summed E-state index contributed by atoms with van der Waals surface area (Å²) in [5.74, 6) is -0.467. The second-order valence-corrected chi connectivity index (χ2v) is 5.68. The van der Waals surface area contributed by atoms with Gasteiger partial charge >= 0.3 is 0 Å². The van der Waals surface area contributed by atoms with E-state index in [-0.39, 0.29) is 6.04 Å². The van der Waals surface area contributed by atoms with Crippen LogP contribution in [0.4, 0.5) is 0 Å². The van der Waals surface area contributed by atoms with Gasteiger partial charge in [0.05, 0.1) is 24.9 Å². The Balaban J connectivity index is 1.64. The Morgan fingerprint density at radius 2 is 2.00 bits per heavy atom. The molecule has 1 aromatic carbocycles. The SMILES string of the molecule is CC1(C)OCC(NCc2ccccc2-n2cccn2)CO1. The number of rotatable bonds is 4. The third-order valence-corrected chi connectivity index (χ3v) is 3.59. The van der Waals surface area contributed by atoms with Crippen molar-refractivity contribution in [1.82, 2.24) is 15.1 Å². The summed E-state index contributed by atoms with van der Waals surface area (Å²) in [5.41, 5.74) is 2.29. The number of hydrogen-bond donors (Lipinski definition) is 1. The average molecular weight is 287 g/mol. The number of benzene rings is 1. The zero-order valence-electron chi connectivity index (χ0n) is 12.5. The highest BCUT2D eigenvalue weighted by Crippen LogP contribution is 2.18. The first-order valence-electron chi connectivity index (χ1n) is 7.23. The third kappa shape index (κ3) is 3.50. The zero-order valence-corrected chi connectivity index (χ0v) is 12.5. The first-order chi connectivity index (χ1) is 10.1. The number of nitrogens with one attached hydrogen (secondary N) is 1. The predicted molar refractivity (Wildman–Crippen MR) is 80.2 cm³/mol. The summed E-state index contributed by atoms with van der Waals surface area (Å²) in [5, 5.41) is 7.79. The van der Waals surface area contributed by atoms with Gasteiger partial charge in [0, 0.05) is 18.9 Å². The van der Waals surface area contributed by atoms with E-state index in [1.165, 1.54) is 5.56 Å². The van der Waals surface area contributed by atoms with Gasteiger partial charge in [-0.3, -0.25) is 0 Å². The smallest absolute Gasteiger partial charge is 0.162 e. The molecule has 0 radical (unpaired) electrons. The molecule has 1 fully saturated rings. The van der Waals surface area contributed by atoms with Gasteiger partial charge in [0.25, 0.3) is 0 Å². The largest absolute Gasteiger partial charge is 0.349 e. The van der Waals surface area contributed by atoms with Gasteiger partial charge in [0.1, 0.15) is 0 Å². The van der Waals surface area contributed by atoms with Crippen LogP contribution in [0.5, 0.6) is 0 Å². The fourth-order valence-electron chi connectivity index (χ4n) is 2.36. The maximum absolute atomic E-state index is 5.67. The fourth-order valence-corrected chi connectivity index (χ4v) is 2.36. The van der Waals surface area contributed by atoms with Crippen LogP contribution in [0, 0.1) is 0 Å². The van der Waals surface area contributed by atoms with Crippen LogP contribution in [0.1, 0.15) is 19.4 Å². The molecule has 0 unspecified atom stereocenters. The Hall–Kier alpha value is -1.69. The third-order valence-electron chi connectivity index (χ3n) is 3.59. The summed E-state index contributed by atoms with van der Waals surface area (Å²) in [6.45, 7) is 5.97. The molecular weight excluding hydrogens is 266 g/mol. The van der Waals surface area contributed by atoms with E-state index in [1.54, 1.807) is 6.20 Å². The molecule has 1 aliphatic rings. The summed E-state index contributed by atoms with van der Waals surface area (Å²) in [6.07, 6.45) is 3.74. The van der Waals surface area contributed by atoms with Crippen molar-refractivity contribution in [2.75, 3.05) is 13.2 Å². The van der Waals surface area contributed by atoms with Crippen molar-refractivity contribution in [3.63, 3.8) is 0 Å². The van der Waals surface area contributed by atoms with Crippen LogP contribution < -0.4 is 5.32 Å². The topological polar surface area (TPSA) is 48.3 Å². The summed E-state index contributed by atoms with van der Waals surface area (Å²) in [7, 11) is 0. The highest BCUT2D eigenvalue weighted by Gasteiger charge is 2.27. The highest BCUT2D eigenvalue weighted by molar-refractivity contribution is 5.40. The lowest BCUT2D eigenvalue weighted by Gasteiger charge is -2.35. The van der Waals surface area contributed by atoms with Crippen molar-refractivity contribution in [3.05, 3.63) is 48.3 Å². The van der Waals surface area contributed by atoms with Crippen LogP contribution in [0.3, 0.4) is 0 Å². The molecule has 5 nitrogen and oxygen atoms in total. The lowest BCUT2D eigenvalue weighted by Crippen LogP contribution is -2.48. The molecule has 0 spiro atoms. The minimum Gasteiger partial charge on any atom is -0.349 e. The van der Waals surface area contributed by atoms with Crippen LogP contribution >= 0.6 is 0 Å². The maximum atomic E-state index is 5.67. The minimum absolute atomic E-state index is 0.212. The molecule has 0 aliphatic carbocycles. The van der Waals surface area contributed by atoms with Crippen LogP contribution in [0.2, 0.25) is 0 Å². The fraction of sp³-hybridized carbons (Fsp3) is 0.438. The van der Waals surface area contributed by atoms with Gasteiger partial charge in [-0.25, -0.2) is 4.68 Å². The van der Waals surface area contributed by atoms with Gasteiger partial charge < -0.3 is 14.8 Å². The molecule has 0 saturated carbocycles. The van der Waals surface area contributed by atoms with E-state index in [4.69, 9.17) is 9.47 Å². The van der Waals surface area contributed by atoms with Gasteiger partial charge in [-0.15, -0.1) is 0 Å². The Morgan fingerprint density at radius 3 is 2.71 bits per heavy atom. The molecule has 1 saturated heterocycles. The molecule has 2 aromatic rings. The Bertz CT molecular complexity index is 571. The summed E-state index contributed by atoms with van der Waals surface area (Å²) in [6, 6.07) is 10.4. The molecule has 1 aromatic heterocycles. The molecule has 0 bridgehead atoms. The van der Waals surface area contributed by atoms with Crippen LogP contribution in [-0.4, -0.2) is 34.8 Å². The Labute approximate surface area is 124 Å². The number of hydrogen-bond acceptors (Lipinski definition) is 4. The molecule has 2 heterocycles. The number of ether oxygens (including phenoxy) is 2. The van der Waals surface area contributed by atoms with Crippen molar-refractivity contribution in [2.24, 2.45) is 0 Å². The first kappa shape index (κ1) is 14.3. The van der Waals surface area contributed by atoms with Gasteiger partial charge in [-0.05, 0) is 31.5 Å². The average Bonchev–Trinajstić information content (AvgIpc) is 3.00. The summed E-state index contributed by atoms with van der Waals surface area (Å²) < 4.78 is 13.2. The van der Waals surface area contributed by atoms with Crippen molar-refractivity contribution in [1.29, 1.82) is 0 Å². The van der Waals surface area contributed by atoms with Crippen molar-refractivity contribution < 1.29 is 9.47 Å². The zero-order chi connectivity index (χ0) is 14.7. The standard InChI is InChI=1S/C16H21N3O2/c1-16(2)20-11-14(12-21-16)17-10-13-6-3-4-7-15(13)19-9-5-8-18-19/h3-9,14,17H,10-12H2,1-2H3. The molecule has 3 rings (SSSR count). The molecule has 0 atom stereocenters. The predicted octanol–water partition coefficient (Wildman–Crippen LogP) is 2.11.